The predicted octanol–water partition coefficient (Wildman–Crippen LogP) is 3.64. The van der Waals surface area contributed by atoms with Gasteiger partial charge in [-0.25, -0.2) is 0 Å². The molecule has 2 atom stereocenters. The summed E-state index contributed by atoms with van der Waals surface area (Å²) in [5, 5.41) is 8.34. The molecule has 1 amide bonds. The second kappa shape index (κ2) is 7.16. The normalized spacial score (nSPS) is 31.1. The Hall–Kier alpha value is -3.20. The van der Waals surface area contributed by atoms with Gasteiger partial charge in [-0.05, 0) is 56.7 Å². The van der Waals surface area contributed by atoms with Crippen molar-refractivity contribution in [1.29, 1.82) is 0 Å². The molecule has 2 saturated heterocycles. The molecule has 2 aliphatic heterocycles. The van der Waals surface area contributed by atoms with Crippen molar-refractivity contribution in [2.24, 2.45) is 5.92 Å². The number of carbonyl (C=O) groups excluding carboxylic acids is 1. The van der Waals surface area contributed by atoms with Crippen LogP contribution >= 0.6 is 0 Å². The van der Waals surface area contributed by atoms with Crippen LogP contribution < -0.4 is 15.6 Å². The highest BCUT2D eigenvalue weighted by Crippen LogP contribution is 2.55. The molecule has 3 aromatic heterocycles. The summed E-state index contributed by atoms with van der Waals surface area (Å²) in [4.78, 5) is 31.1. The van der Waals surface area contributed by atoms with Crippen LogP contribution in [-0.4, -0.2) is 43.6 Å². The summed E-state index contributed by atoms with van der Waals surface area (Å²) in [7, 11) is 0. The Labute approximate surface area is 202 Å². The van der Waals surface area contributed by atoms with Gasteiger partial charge in [0.05, 0.1) is 17.7 Å². The zero-order valence-corrected chi connectivity index (χ0v) is 20.0. The van der Waals surface area contributed by atoms with Crippen LogP contribution in [0.15, 0.2) is 35.4 Å². The first-order valence-electron chi connectivity index (χ1n) is 12.6. The third-order valence-electron chi connectivity index (χ3n) is 8.26. The topological polar surface area (TPSA) is 100 Å². The molecule has 8 rings (SSSR count). The molecule has 5 fully saturated rings. The van der Waals surface area contributed by atoms with Crippen LogP contribution in [0.4, 0.5) is 5.69 Å². The van der Waals surface area contributed by atoms with E-state index in [1.807, 2.05) is 10.9 Å². The molecule has 3 aliphatic carbocycles. The number of amides is 1. The Morgan fingerprint density at radius 1 is 1.31 bits per heavy atom. The van der Waals surface area contributed by atoms with E-state index in [4.69, 9.17) is 14.6 Å². The van der Waals surface area contributed by atoms with Crippen LogP contribution in [0, 0.1) is 5.92 Å². The molecule has 0 unspecified atom stereocenters. The highest BCUT2D eigenvalue weighted by molar-refractivity contribution is 6.07. The molecule has 3 saturated carbocycles. The molecule has 182 valence electrons. The average Bonchev–Trinajstić information content (AvgIpc) is 3.10. The number of fused-ring (bicyclic) bond motifs is 2. The summed E-state index contributed by atoms with van der Waals surface area (Å²) in [5.74, 6) is 0.344. The van der Waals surface area contributed by atoms with Gasteiger partial charge in [0.15, 0.2) is 5.65 Å². The summed E-state index contributed by atoms with van der Waals surface area (Å²) < 4.78 is 15.7. The number of nitrogens with one attached hydrogen (secondary N) is 1. The number of nitrogens with zero attached hydrogens (tertiary/aromatic N) is 4. The number of aromatic nitrogens is 4. The maximum atomic E-state index is 13.4. The van der Waals surface area contributed by atoms with Crippen LogP contribution in [-0.2, 0) is 10.3 Å². The van der Waals surface area contributed by atoms with Crippen LogP contribution in [0.3, 0.4) is 0 Å². The van der Waals surface area contributed by atoms with Crippen LogP contribution in [0.2, 0.25) is 0 Å². The summed E-state index contributed by atoms with van der Waals surface area (Å²) >= 11 is 0. The minimum atomic E-state index is -0.404. The van der Waals surface area contributed by atoms with Crippen LogP contribution in [0.25, 0.3) is 11.0 Å². The Kier molecular flexibility index (Phi) is 4.32. The van der Waals surface area contributed by atoms with E-state index >= 15 is 0 Å². The van der Waals surface area contributed by atoms with Gasteiger partial charge in [-0.3, -0.25) is 14.3 Å². The second-order valence-electron chi connectivity index (χ2n) is 11.2. The summed E-state index contributed by atoms with van der Waals surface area (Å²) in [5.41, 5.74) is 0.745. The molecule has 0 spiro atoms. The van der Waals surface area contributed by atoms with Crippen molar-refractivity contribution in [3.05, 3.63) is 46.5 Å². The molecular formula is C26H29N5O4. The molecule has 9 nitrogen and oxygen atoms in total. The first-order valence-corrected chi connectivity index (χ1v) is 12.6. The quantitative estimate of drug-likeness (QED) is 0.584. The highest BCUT2D eigenvalue weighted by Gasteiger charge is 2.61. The Balaban J connectivity index is 1.23. The lowest BCUT2D eigenvalue weighted by Gasteiger charge is -2.42. The van der Waals surface area contributed by atoms with E-state index < -0.39 is 5.91 Å². The van der Waals surface area contributed by atoms with Gasteiger partial charge in [-0.2, -0.15) is 10.1 Å². The molecule has 3 aromatic rings. The van der Waals surface area contributed by atoms with Gasteiger partial charge in [0.25, 0.3) is 11.5 Å². The number of ether oxygens (including phenoxy) is 2. The highest BCUT2D eigenvalue weighted by atomic mass is 16.5. The van der Waals surface area contributed by atoms with Crippen molar-refractivity contribution < 1.29 is 14.3 Å². The SMILES string of the molecule is C[C@@H]1C[C@@H]1n1cccc(NC(=O)c2cc3cn(C45COC(C)(C4)C5)nc3nc2OC2CCC2)c1=O. The number of rotatable bonds is 6. The van der Waals surface area contributed by atoms with E-state index in [0.717, 1.165) is 43.9 Å². The van der Waals surface area contributed by atoms with Gasteiger partial charge in [-0.15, -0.1) is 0 Å². The van der Waals surface area contributed by atoms with Gasteiger partial charge in [-0.1, -0.05) is 6.92 Å². The van der Waals surface area contributed by atoms with Crippen molar-refractivity contribution in [2.75, 3.05) is 11.9 Å². The molecule has 5 heterocycles. The lowest BCUT2D eigenvalue weighted by Crippen LogP contribution is -2.49. The van der Waals surface area contributed by atoms with Gasteiger partial charge < -0.3 is 19.4 Å². The van der Waals surface area contributed by atoms with E-state index in [-0.39, 0.29) is 40.4 Å². The predicted molar refractivity (Wildman–Crippen MR) is 129 cm³/mol. The second-order valence-corrected chi connectivity index (χ2v) is 11.2. The summed E-state index contributed by atoms with van der Waals surface area (Å²) in [6.07, 6.45) is 9.60. The zero-order chi connectivity index (χ0) is 23.9. The van der Waals surface area contributed by atoms with Gasteiger partial charge in [0.2, 0.25) is 5.88 Å². The standard InChI is InChI=1S/C26H29N5O4/c1-15-9-20(15)30-8-4-7-19(24(30)33)27-22(32)18-10-16-11-31(26-12-25(2,13-26)34-14-26)29-21(16)28-23(18)35-17-5-3-6-17/h4,7-8,10-11,15,17,20H,3,5-6,9,12-14H2,1-2H3,(H,27,32)/t15-,20+,25?,26?/m1/s1. The molecular weight excluding hydrogens is 446 g/mol. The lowest BCUT2D eigenvalue weighted by molar-refractivity contribution is 0.00381. The largest absolute Gasteiger partial charge is 0.474 e. The van der Waals surface area contributed by atoms with Crippen molar-refractivity contribution in [2.45, 2.75) is 75.7 Å². The van der Waals surface area contributed by atoms with Gasteiger partial charge in [0, 0.05) is 36.7 Å². The molecule has 5 aliphatic rings. The zero-order valence-electron chi connectivity index (χ0n) is 20.0. The minimum absolute atomic E-state index is 0.0491. The van der Waals surface area contributed by atoms with E-state index in [0.29, 0.717) is 23.7 Å². The maximum Gasteiger partial charge on any atom is 0.274 e. The molecule has 9 heteroatoms. The first kappa shape index (κ1) is 21.1. The van der Waals surface area contributed by atoms with Gasteiger partial charge >= 0.3 is 0 Å². The van der Waals surface area contributed by atoms with Crippen LogP contribution in [0.1, 0.15) is 68.8 Å². The molecule has 2 bridgehead atoms. The van der Waals surface area contributed by atoms with Crippen molar-refractivity contribution in [1.82, 2.24) is 19.3 Å². The number of anilines is 1. The molecule has 0 aromatic carbocycles. The fourth-order valence-electron chi connectivity index (χ4n) is 5.91. The van der Waals surface area contributed by atoms with E-state index in [2.05, 4.69) is 24.1 Å². The lowest BCUT2D eigenvalue weighted by atomic mass is 9.69. The number of hydrogen-bond donors (Lipinski definition) is 1. The van der Waals surface area contributed by atoms with Crippen molar-refractivity contribution in [3.63, 3.8) is 0 Å². The third-order valence-corrected chi connectivity index (χ3v) is 8.26. The number of carbonyl (C=O) groups is 1. The molecule has 0 radical (unpaired) electrons. The third kappa shape index (κ3) is 3.31. The Bertz CT molecular complexity index is 1410. The Morgan fingerprint density at radius 3 is 2.77 bits per heavy atom. The molecule has 35 heavy (non-hydrogen) atoms. The minimum Gasteiger partial charge on any atom is -0.474 e. The summed E-state index contributed by atoms with van der Waals surface area (Å²) in [6.45, 7) is 4.89. The van der Waals surface area contributed by atoms with E-state index in [9.17, 15) is 9.59 Å². The van der Waals surface area contributed by atoms with Crippen molar-refractivity contribution in [3.8, 4) is 5.88 Å². The molecule has 1 N–H and O–H groups in total. The monoisotopic (exact) mass is 475 g/mol. The number of hydrogen-bond acceptors (Lipinski definition) is 6. The van der Waals surface area contributed by atoms with Gasteiger partial charge in [0.1, 0.15) is 17.4 Å². The average molecular weight is 476 g/mol. The first-order chi connectivity index (χ1) is 16.8. The Morgan fingerprint density at radius 2 is 2.11 bits per heavy atom. The fraction of sp³-hybridized carbons (Fsp3) is 0.538. The summed E-state index contributed by atoms with van der Waals surface area (Å²) in [6, 6.07) is 5.43. The maximum absolute atomic E-state index is 13.4. The van der Waals surface area contributed by atoms with Crippen LogP contribution in [0.5, 0.6) is 5.88 Å². The van der Waals surface area contributed by atoms with E-state index in [1.54, 1.807) is 29.0 Å². The number of pyridine rings is 2. The fourth-order valence-corrected chi connectivity index (χ4v) is 5.91. The van der Waals surface area contributed by atoms with Crippen molar-refractivity contribution >= 4 is 22.6 Å². The van der Waals surface area contributed by atoms with E-state index in [1.165, 1.54) is 0 Å². The smallest absolute Gasteiger partial charge is 0.274 e.